The molecule has 0 aromatic carbocycles. The van der Waals surface area contributed by atoms with Crippen LogP contribution in [0.4, 0.5) is 11.5 Å². The predicted octanol–water partition coefficient (Wildman–Crippen LogP) is 1.91. The lowest BCUT2D eigenvalue weighted by molar-refractivity contribution is -0.133. The van der Waals surface area contributed by atoms with E-state index in [1.54, 1.807) is 13.1 Å². The van der Waals surface area contributed by atoms with Crippen LogP contribution >= 0.6 is 0 Å². The summed E-state index contributed by atoms with van der Waals surface area (Å²) in [6, 6.07) is 8.19. The second kappa shape index (κ2) is 10.2. The van der Waals surface area contributed by atoms with Gasteiger partial charge in [0.05, 0.1) is 24.1 Å². The van der Waals surface area contributed by atoms with Crippen molar-refractivity contribution in [2.75, 3.05) is 56.0 Å². The first-order valence-electron chi connectivity index (χ1n) is 12.6. The number of rotatable bonds is 5. The first-order chi connectivity index (χ1) is 17.4. The van der Waals surface area contributed by atoms with Gasteiger partial charge >= 0.3 is 0 Å². The van der Waals surface area contributed by atoms with Crippen molar-refractivity contribution in [2.24, 2.45) is 0 Å². The summed E-state index contributed by atoms with van der Waals surface area (Å²) in [7, 11) is 0. The van der Waals surface area contributed by atoms with Crippen molar-refractivity contribution >= 4 is 34.4 Å². The quantitative estimate of drug-likeness (QED) is 0.501. The summed E-state index contributed by atoms with van der Waals surface area (Å²) in [6.07, 6.45) is 3.59. The van der Waals surface area contributed by atoms with Gasteiger partial charge in [-0.1, -0.05) is 6.07 Å². The van der Waals surface area contributed by atoms with E-state index in [4.69, 9.17) is 4.98 Å². The molecule has 0 unspecified atom stereocenters. The number of anilines is 2. The highest BCUT2D eigenvalue weighted by Gasteiger charge is 2.31. The van der Waals surface area contributed by atoms with Crippen molar-refractivity contribution in [1.29, 1.82) is 0 Å². The molecular weight excluding hydrogens is 456 g/mol. The number of hydrogen-bond donors (Lipinski definition) is 3. The molecule has 2 aliphatic rings. The minimum Gasteiger partial charge on any atom is -0.352 e. The van der Waals surface area contributed by atoms with Gasteiger partial charge in [0.1, 0.15) is 11.5 Å². The molecule has 3 aromatic heterocycles. The number of nitrogens with zero attached hydrogens (tertiary/aromatic N) is 5. The number of H-pyrrole nitrogens is 1. The first kappa shape index (κ1) is 24.2. The highest BCUT2D eigenvalue weighted by atomic mass is 16.2. The van der Waals surface area contributed by atoms with Crippen LogP contribution in [0.3, 0.4) is 0 Å². The molecule has 0 aliphatic carbocycles. The van der Waals surface area contributed by atoms with Crippen molar-refractivity contribution in [3.63, 3.8) is 0 Å². The highest BCUT2D eigenvalue weighted by Crippen LogP contribution is 2.30. The van der Waals surface area contributed by atoms with Crippen LogP contribution in [0.2, 0.25) is 0 Å². The fourth-order valence-corrected chi connectivity index (χ4v) is 5.44. The highest BCUT2D eigenvalue weighted by molar-refractivity contribution is 5.98. The van der Waals surface area contributed by atoms with E-state index in [9.17, 15) is 9.59 Å². The molecule has 2 fully saturated rings. The number of amides is 2. The molecule has 2 atom stereocenters. The van der Waals surface area contributed by atoms with Crippen LogP contribution in [-0.2, 0) is 9.59 Å². The Morgan fingerprint density at radius 3 is 2.61 bits per heavy atom. The van der Waals surface area contributed by atoms with Gasteiger partial charge in [0.15, 0.2) is 0 Å². The number of nitrogens with one attached hydrogen (secondary N) is 3. The molecule has 0 spiro atoms. The fourth-order valence-electron chi connectivity index (χ4n) is 5.44. The third-order valence-electron chi connectivity index (χ3n) is 7.01. The van der Waals surface area contributed by atoms with Crippen molar-refractivity contribution in [2.45, 2.75) is 32.9 Å². The average molecular weight is 491 g/mol. The van der Waals surface area contributed by atoms with Crippen LogP contribution < -0.4 is 15.5 Å². The largest absolute Gasteiger partial charge is 0.352 e. The zero-order chi connectivity index (χ0) is 25.2. The molecule has 3 N–H and O–H groups in total. The maximum Gasteiger partial charge on any atom is 0.238 e. The van der Waals surface area contributed by atoms with Gasteiger partial charge in [0.2, 0.25) is 11.8 Å². The van der Waals surface area contributed by atoms with Crippen LogP contribution in [0.25, 0.3) is 22.3 Å². The lowest BCUT2D eigenvalue weighted by Gasteiger charge is -2.44. The van der Waals surface area contributed by atoms with E-state index < -0.39 is 0 Å². The molecule has 5 heterocycles. The standard InChI is InChI=1S/C26H34N8O2/c1-17-14-33(15-18(2)34(17)19(3)35)24-6-4-5-23(31-24)22-13-29-26-21(22)11-20(12-28-26)30-25(36)16-32-9-7-27-8-10-32/h4-6,11-13,17-18,27H,7-10,14-16H2,1-3H3,(H,28,29)(H,30,36)/t17-,18+. The van der Waals surface area contributed by atoms with Gasteiger partial charge in [-0.3, -0.25) is 14.5 Å². The smallest absolute Gasteiger partial charge is 0.238 e. The molecule has 0 saturated carbocycles. The Kier molecular flexibility index (Phi) is 6.88. The monoisotopic (exact) mass is 490 g/mol. The number of carbonyl (C=O) groups excluding carboxylic acids is 2. The molecule has 0 bridgehead atoms. The second-order valence-corrected chi connectivity index (χ2v) is 9.81. The lowest BCUT2D eigenvalue weighted by atomic mass is 10.1. The molecule has 2 saturated heterocycles. The number of fused-ring (bicyclic) bond motifs is 1. The average Bonchev–Trinajstić information content (AvgIpc) is 3.27. The zero-order valence-electron chi connectivity index (χ0n) is 21.1. The molecule has 3 aromatic rings. The van der Waals surface area contributed by atoms with E-state index in [1.807, 2.05) is 35.4 Å². The first-order valence-corrected chi connectivity index (χ1v) is 12.6. The normalized spacial score (nSPS) is 21.1. The van der Waals surface area contributed by atoms with Crippen LogP contribution in [0.1, 0.15) is 20.8 Å². The summed E-state index contributed by atoms with van der Waals surface area (Å²) >= 11 is 0. The Morgan fingerprint density at radius 2 is 1.89 bits per heavy atom. The van der Waals surface area contributed by atoms with Crippen LogP contribution in [-0.4, -0.2) is 94.5 Å². The topological polar surface area (TPSA) is 109 Å². The van der Waals surface area contributed by atoms with Gasteiger partial charge in [-0.25, -0.2) is 9.97 Å². The van der Waals surface area contributed by atoms with E-state index in [0.29, 0.717) is 12.2 Å². The van der Waals surface area contributed by atoms with Crippen molar-refractivity contribution < 1.29 is 9.59 Å². The maximum atomic E-state index is 12.6. The molecule has 5 rings (SSSR count). The van der Waals surface area contributed by atoms with Gasteiger partial charge in [-0.05, 0) is 32.0 Å². The van der Waals surface area contributed by atoms with Crippen molar-refractivity contribution in [3.05, 3.63) is 36.7 Å². The third-order valence-corrected chi connectivity index (χ3v) is 7.01. The number of aromatic nitrogens is 3. The molecular formula is C26H34N8O2. The van der Waals surface area contributed by atoms with Crippen LogP contribution in [0.15, 0.2) is 36.7 Å². The summed E-state index contributed by atoms with van der Waals surface area (Å²) in [6.45, 7) is 11.2. The Balaban J connectivity index is 1.35. The fraction of sp³-hybridized carbons (Fsp3) is 0.462. The molecule has 2 aliphatic heterocycles. The summed E-state index contributed by atoms with van der Waals surface area (Å²) in [4.78, 5) is 43.7. The SMILES string of the molecule is CC(=O)N1[C@H](C)CN(c2cccc(-c3c[nH]c4ncc(NC(=O)CN5CCNCC5)cc34)n2)C[C@@H]1C. The summed E-state index contributed by atoms with van der Waals surface area (Å²) in [5, 5.41) is 7.20. The number of hydrogen-bond acceptors (Lipinski definition) is 7. The van der Waals surface area contributed by atoms with Gasteiger partial charge < -0.3 is 25.4 Å². The van der Waals surface area contributed by atoms with Gasteiger partial charge in [-0.2, -0.15) is 0 Å². The molecule has 36 heavy (non-hydrogen) atoms. The van der Waals surface area contributed by atoms with Gasteiger partial charge in [0, 0.05) is 75.4 Å². The van der Waals surface area contributed by atoms with E-state index in [0.717, 1.165) is 67.4 Å². The number of carbonyl (C=O) groups is 2. The minimum absolute atomic E-state index is 0.0387. The summed E-state index contributed by atoms with van der Waals surface area (Å²) in [5.41, 5.74) is 3.18. The molecule has 190 valence electrons. The summed E-state index contributed by atoms with van der Waals surface area (Å²) in [5.74, 6) is 0.957. The number of pyridine rings is 2. The summed E-state index contributed by atoms with van der Waals surface area (Å²) < 4.78 is 0. The molecule has 0 radical (unpaired) electrons. The second-order valence-electron chi connectivity index (χ2n) is 9.81. The lowest BCUT2D eigenvalue weighted by Crippen LogP contribution is -2.58. The van der Waals surface area contributed by atoms with Crippen LogP contribution in [0, 0.1) is 0 Å². The van der Waals surface area contributed by atoms with E-state index >= 15 is 0 Å². The van der Waals surface area contributed by atoms with Crippen molar-refractivity contribution in [1.82, 2.24) is 30.1 Å². The van der Waals surface area contributed by atoms with E-state index in [1.165, 1.54) is 0 Å². The number of piperazine rings is 2. The Bertz CT molecular complexity index is 1240. The minimum atomic E-state index is -0.0387. The maximum absolute atomic E-state index is 12.6. The molecule has 10 heteroatoms. The third kappa shape index (κ3) is 5.05. The van der Waals surface area contributed by atoms with E-state index in [2.05, 4.69) is 44.2 Å². The van der Waals surface area contributed by atoms with E-state index in [-0.39, 0.29) is 23.9 Å². The zero-order valence-corrected chi connectivity index (χ0v) is 21.1. The Morgan fingerprint density at radius 1 is 1.14 bits per heavy atom. The molecule has 2 amide bonds. The van der Waals surface area contributed by atoms with Crippen molar-refractivity contribution in [3.8, 4) is 11.3 Å². The Hall–Kier alpha value is -3.50. The predicted molar refractivity (Wildman–Crippen MR) is 141 cm³/mol. The Labute approximate surface area is 211 Å². The van der Waals surface area contributed by atoms with Gasteiger partial charge in [-0.15, -0.1) is 0 Å². The number of aromatic amines is 1. The van der Waals surface area contributed by atoms with Gasteiger partial charge in [0.25, 0.3) is 0 Å². The molecule has 10 nitrogen and oxygen atoms in total. The van der Waals surface area contributed by atoms with Crippen LogP contribution in [0.5, 0.6) is 0 Å².